The molecule has 0 spiro atoms. The molecular formula is C19H26FN3. The van der Waals surface area contributed by atoms with Crippen molar-refractivity contribution in [1.29, 1.82) is 0 Å². The van der Waals surface area contributed by atoms with Crippen LogP contribution in [0.15, 0.2) is 23.2 Å². The third-order valence-corrected chi connectivity index (χ3v) is 3.58. The highest BCUT2D eigenvalue weighted by molar-refractivity contribution is 5.85. The Kier molecular flexibility index (Phi) is 6.89. The first-order valence-electron chi connectivity index (χ1n) is 7.86. The highest BCUT2D eigenvalue weighted by Crippen LogP contribution is 2.31. The molecule has 0 bridgehead atoms. The molecule has 1 heterocycles. The molecule has 2 rings (SSSR count). The molecule has 1 aromatic heterocycles. The molecule has 1 N–H and O–H groups in total. The van der Waals surface area contributed by atoms with Crippen molar-refractivity contribution >= 4 is 11.9 Å². The zero-order valence-electron chi connectivity index (χ0n) is 15.1. The Morgan fingerprint density at radius 1 is 1.04 bits per heavy atom. The van der Waals surface area contributed by atoms with Crippen molar-refractivity contribution in [3.05, 3.63) is 46.5 Å². The lowest BCUT2D eigenvalue weighted by Gasteiger charge is -2.14. The molecule has 124 valence electrons. The maximum absolute atomic E-state index is 13.8. The van der Waals surface area contributed by atoms with E-state index >= 15 is 0 Å². The molecule has 0 unspecified atom stereocenters. The summed E-state index contributed by atoms with van der Waals surface area (Å²) in [5.74, 6) is -0.244. The van der Waals surface area contributed by atoms with Crippen molar-refractivity contribution in [2.45, 2.75) is 34.6 Å². The topological polar surface area (TPSA) is 37.3 Å². The lowest BCUT2D eigenvalue weighted by atomic mass is 9.96. The number of aliphatic imine (C=N–C) groups is 1. The Morgan fingerprint density at radius 3 is 2.26 bits per heavy atom. The van der Waals surface area contributed by atoms with Gasteiger partial charge in [-0.1, -0.05) is 13.8 Å². The van der Waals surface area contributed by atoms with Crippen LogP contribution >= 0.6 is 0 Å². The van der Waals surface area contributed by atoms with Crippen LogP contribution in [0.1, 0.15) is 36.4 Å². The van der Waals surface area contributed by atoms with Gasteiger partial charge in [0.05, 0.1) is 5.69 Å². The molecule has 0 aliphatic rings. The Morgan fingerprint density at radius 2 is 1.70 bits per heavy atom. The highest BCUT2D eigenvalue weighted by atomic mass is 19.1. The van der Waals surface area contributed by atoms with E-state index in [1.54, 1.807) is 26.4 Å². The maximum Gasteiger partial charge on any atom is 0.146 e. The number of halogens is 1. The predicted octanol–water partition coefficient (Wildman–Crippen LogP) is 4.93. The number of pyridine rings is 1. The normalized spacial score (nSPS) is 10.4. The van der Waals surface area contributed by atoms with Crippen molar-refractivity contribution in [3.8, 4) is 11.1 Å². The number of anilines is 1. The first-order valence-corrected chi connectivity index (χ1v) is 7.86. The number of nitrogens with zero attached hydrogens (tertiary/aromatic N) is 2. The van der Waals surface area contributed by atoms with Gasteiger partial charge in [0.1, 0.15) is 5.82 Å². The molecule has 0 atom stereocenters. The van der Waals surface area contributed by atoms with Crippen LogP contribution in [0.3, 0.4) is 0 Å². The van der Waals surface area contributed by atoms with E-state index in [2.05, 4.69) is 21.4 Å². The van der Waals surface area contributed by atoms with Gasteiger partial charge in [-0.05, 0) is 50.1 Å². The van der Waals surface area contributed by atoms with E-state index in [0.29, 0.717) is 5.69 Å². The Bertz CT molecular complexity index is 706. The van der Waals surface area contributed by atoms with Gasteiger partial charge in [0.2, 0.25) is 0 Å². The van der Waals surface area contributed by atoms with E-state index < -0.39 is 0 Å². The number of aryl methyl sites for hydroxylation is 3. The molecule has 4 heteroatoms. The van der Waals surface area contributed by atoms with E-state index in [0.717, 1.165) is 33.6 Å². The van der Waals surface area contributed by atoms with Gasteiger partial charge in [0.25, 0.3) is 0 Å². The predicted molar refractivity (Wildman–Crippen MR) is 98.3 cm³/mol. The molecule has 0 amide bonds. The zero-order chi connectivity index (χ0) is 17.6. The van der Waals surface area contributed by atoms with Crippen LogP contribution in [0.25, 0.3) is 11.1 Å². The lowest BCUT2D eigenvalue weighted by Crippen LogP contribution is -2.00. The second-order valence-electron chi connectivity index (χ2n) is 5.08. The molecule has 0 radical (unpaired) electrons. The average molecular weight is 315 g/mol. The average Bonchev–Trinajstić information content (AvgIpc) is 2.53. The maximum atomic E-state index is 13.8. The van der Waals surface area contributed by atoms with Gasteiger partial charge in [0.15, 0.2) is 0 Å². The summed E-state index contributed by atoms with van der Waals surface area (Å²) >= 11 is 0. The van der Waals surface area contributed by atoms with Crippen LogP contribution in [0, 0.1) is 26.6 Å². The van der Waals surface area contributed by atoms with Crippen LogP contribution in [0.4, 0.5) is 10.1 Å². The number of rotatable bonds is 3. The van der Waals surface area contributed by atoms with Gasteiger partial charge < -0.3 is 5.32 Å². The summed E-state index contributed by atoms with van der Waals surface area (Å²) in [6.07, 6.45) is 1.79. The summed E-state index contributed by atoms with van der Waals surface area (Å²) in [4.78, 5) is 8.65. The summed E-state index contributed by atoms with van der Waals surface area (Å²) < 4.78 is 13.8. The van der Waals surface area contributed by atoms with Crippen molar-refractivity contribution in [3.63, 3.8) is 0 Å². The van der Waals surface area contributed by atoms with Crippen molar-refractivity contribution in [2.75, 3.05) is 19.4 Å². The van der Waals surface area contributed by atoms with Crippen LogP contribution < -0.4 is 5.32 Å². The fraction of sp³-hybridized carbons (Fsp3) is 0.368. The van der Waals surface area contributed by atoms with Crippen LogP contribution in [0.2, 0.25) is 0 Å². The largest absolute Gasteiger partial charge is 0.386 e. The van der Waals surface area contributed by atoms with Crippen LogP contribution in [-0.4, -0.2) is 25.3 Å². The minimum absolute atomic E-state index is 0.244. The van der Waals surface area contributed by atoms with Gasteiger partial charge in [-0.3, -0.25) is 9.98 Å². The van der Waals surface area contributed by atoms with Crippen LogP contribution in [0.5, 0.6) is 0 Å². The van der Waals surface area contributed by atoms with Gasteiger partial charge >= 0.3 is 0 Å². The zero-order valence-corrected chi connectivity index (χ0v) is 15.1. The molecule has 23 heavy (non-hydrogen) atoms. The third-order valence-electron chi connectivity index (χ3n) is 3.58. The van der Waals surface area contributed by atoms with Gasteiger partial charge in [-0.2, -0.15) is 0 Å². The minimum atomic E-state index is -0.244. The quantitative estimate of drug-likeness (QED) is 0.815. The Balaban J connectivity index is 0.00000127. The second-order valence-corrected chi connectivity index (χ2v) is 5.08. The van der Waals surface area contributed by atoms with Crippen molar-refractivity contribution in [1.82, 2.24) is 4.98 Å². The first kappa shape index (κ1) is 18.8. The monoisotopic (exact) mass is 315 g/mol. The number of nitrogens with one attached hydrogen (secondary N) is 1. The standard InChI is InChI=1S/C17H20FN3.C2H6/c1-10-6-16(18)17(20-5)8-14(10)15-7-13(9-19-4)11(2)21-12(15)3;1-2/h6-9,20H,1-5H3;1-2H3. The summed E-state index contributed by atoms with van der Waals surface area (Å²) in [6, 6.07) is 5.44. The highest BCUT2D eigenvalue weighted by Gasteiger charge is 2.12. The van der Waals surface area contributed by atoms with E-state index in [-0.39, 0.29) is 5.82 Å². The van der Waals surface area contributed by atoms with E-state index in [9.17, 15) is 4.39 Å². The lowest BCUT2D eigenvalue weighted by molar-refractivity contribution is 0.630. The number of hydrogen-bond donors (Lipinski definition) is 1. The summed E-state index contributed by atoms with van der Waals surface area (Å²) in [5, 5.41) is 2.88. The molecule has 2 aromatic rings. The summed E-state index contributed by atoms with van der Waals surface area (Å²) in [6.45, 7) is 9.84. The number of benzene rings is 1. The fourth-order valence-corrected chi connectivity index (χ4v) is 2.44. The number of hydrogen-bond acceptors (Lipinski definition) is 3. The Hall–Kier alpha value is -2.23. The van der Waals surface area contributed by atoms with Gasteiger partial charge in [-0.25, -0.2) is 4.39 Å². The molecule has 0 fully saturated rings. The SMILES string of the molecule is CC.CN=Cc1cc(-c2cc(NC)c(F)cc2C)c(C)nc1C. The Labute approximate surface area is 138 Å². The van der Waals surface area contributed by atoms with Crippen molar-refractivity contribution < 1.29 is 4.39 Å². The number of aromatic nitrogens is 1. The molecule has 0 aliphatic heterocycles. The molecule has 0 saturated heterocycles. The van der Waals surface area contributed by atoms with Gasteiger partial charge in [0, 0.05) is 42.8 Å². The molecule has 0 saturated carbocycles. The third kappa shape index (κ3) is 4.15. The second kappa shape index (κ2) is 8.42. The van der Waals surface area contributed by atoms with Gasteiger partial charge in [-0.15, -0.1) is 0 Å². The molecule has 1 aromatic carbocycles. The van der Waals surface area contributed by atoms with E-state index in [4.69, 9.17) is 0 Å². The molecule has 0 aliphatic carbocycles. The molecular weight excluding hydrogens is 289 g/mol. The fourth-order valence-electron chi connectivity index (χ4n) is 2.44. The smallest absolute Gasteiger partial charge is 0.146 e. The summed E-state index contributed by atoms with van der Waals surface area (Å²) in [7, 11) is 3.45. The first-order chi connectivity index (χ1) is 11.0. The summed E-state index contributed by atoms with van der Waals surface area (Å²) in [5.41, 5.74) is 6.21. The van der Waals surface area contributed by atoms with E-state index in [1.165, 1.54) is 0 Å². The van der Waals surface area contributed by atoms with E-state index in [1.807, 2.05) is 40.7 Å². The minimum Gasteiger partial charge on any atom is -0.386 e. The van der Waals surface area contributed by atoms with Crippen LogP contribution in [-0.2, 0) is 0 Å². The molecule has 3 nitrogen and oxygen atoms in total. The van der Waals surface area contributed by atoms with Crippen molar-refractivity contribution in [2.24, 2.45) is 4.99 Å².